The van der Waals surface area contributed by atoms with Crippen molar-refractivity contribution in [2.45, 2.75) is 25.7 Å². The van der Waals surface area contributed by atoms with Crippen LogP contribution in [0.2, 0.25) is 5.02 Å². The number of nitrogens with zero attached hydrogens (tertiary/aromatic N) is 3. The van der Waals surface area contributed by atoms with Crippen LogP contribution in [0.25, 0.3) is 0 Å². The van der Waals surface area contributed by atoms with Gasteiger partial charge in [-0.05, 0) is 44.0 Å². The lowest BCUT2D eigenvalue weighted by Gasteiger charge is -2.34. The van der Waals surface area contributed by atoms with Crippen molar-refractivity contribution in [3.05, 3.63) is 47.5 Å². The van der Waals surface area contributed by atoms with E-state index < -0.39 is 0 Å². The molecule has 1 aromatic heterocycles. The molecule has 0 atom stereocenters. The topological polar surface area (TPSA) is 64.3 Å². The van der Waals surface area contributed by atoms with Crippen molar-refractivity contribution in [3.63, 3.8) is 0 Å². The van der Waals surface area contributed by atoms with Gasteiger partial charge in [-0.25, -0.2) is 4.98 Å². The van der Waals surface area contributed by atoms with Gasteiger partial charge in [-0.1, -0.05) is 17.7 Å². The Balaban J connectivity index is 1.26. The summed E-state index contributed by atoms with van der Waals surface area (Å²) in [7, 11) is 0. The number of halogens is 1. The molecular formula is C20H28ClN5O. The molecule has 0 radical (unpaired) electrons. The minimum atomic E-state index is 0.0403. The highest BCUT2D eigenvalue weighted by Gasteiger charge is 2.17. The van der Waals surface area contributed by atoms with E-state index in [1.165, 1.54) is 18.5 Å². The molecule has 0 bridgehead atoms. The number of carbonyl (C=O) groups is 1. The van der Waals surface area contributed by atoms with E-state index in [2.05, 4.69) is 25.1 Å². The second kappa shape index (κ2) is 10.4. The zero-order chi connectivity index (χ0) is 18.9. The zero-order valence-corrected chi connectivity index (χ0v) is 16.4. The number of amides is 1. The number of H-pyrrole nitrogens is 1. The number of rotatable bonds is 9. The molecular weight excluding hydrogens is 362 g/mol. The van der Waals surface area contributed by atoms with Crippen LogP contribution in [0.3, 0.4) is 0 Å². The van der Waals surface area contributed by atoms with Gasteiger partial charge in [0.25, 0.3) is 0 Å². The van der Waals surface area contributed by atoms with Gasteiger partial charge in [0.2, 0.25) is 5.91 Å². The van der Waals surface area contributed by atoms with Crippen molar-refractivity contribution in [2.24, 2.45) is 0 Å². The number of hydrogen-bond acceptors (Lipinski definition) is 4. The number of aromatic nitrogens is 2. The summed E-state index contributed by atoms with van der Waals surface area (Å²) in [4.78, 5) is 24.2. The first-order valence-electron chi connectivity index (χ1n) is 9.66. The molecule has 0 unspecified atom stereocenters. The maximum absolute atomic E-state index is 12.1. The molecule has 2 aromatic rings. The van der Waals surface area contributed by atoms with Gasteiger partial charge in [0.15, 0.2) is 0 Å². The van der Waals surface area contributed by atoms with Crippen LogP contribution < -0.4 is 5.32 Å². The van der Waals surface area contributed by atoms with Gasteiger partial charge in [-0.2, -0.15) is 0 Å². The second-order valence-electron chi connectivity index (χ2n) is 7.03. The molecule has 1 aliphatic rings. The SMILES string of the molecule is O=C(CCN1CCN(CCCCc2cnc[nH]2)CC1)Nc1cccc(Cl)c1. The largest absolute Gasteiger partial charge is 0.348 e. The minimum absolute atomic E-state index is 0.0403. The summed E-state index contributed by atoms with van der Waals surface area (Å²) >= 11 is 5.94. The molecule has 0 spiro atoms. The second-order valence-corrected chi connectivity index (χ2v) is 7.46. The Labute approximate surface area is 165 Å². The third kappa shape index (κ3) is 6.97. The first-order valence-corrected chi connectivity index (χ1v) is 10.0. The van der Waals surface area contributed by atoms with Crippen molar-refractivity contribution >= 4 is 23.2 Å². The molecule has 146 valence electrons. The quantitative estimate of drug-likeness (QED) is 0.647. The number of piperazine rings is 1. The Bertz CT molecular complexity index is 698. The Hall–Kier alpha value is -1.89. The van der Waals surface area contributed by atoms with Gasteiger partial charge in [-0.3, -0.25) is 4.79 Å². The predicted molar refractivity (Wildman–Crippen MR) is 109 cm³/mol. The number of aromatic amines is 1. The monoisotopic (exact) mass is 389 g/mol. The third-order valence-corrected chi connectivity index (χ3v) is 5.19. The predicted octanol–water partition coefficient (Wildman–Crippen LogP) is 3.03. The van der Waals surface area contributed by atoms with Crippen LogP contribution in [0.15, 0.2) is 36.8 Å². The number of benzene rings is 1. The molecule has 6 nitrogen and oxygen atoms in total. The van der Waals surface area contributed by atoms with Crippen LogP contribution in [-0.2, 0) is 11.2 Å². The van der Waals surface area contributed by atoms with Crippen molar-refractivity contribution in [1.29, 1.82) is 0 Å². The molecule has 1 fully saturated rings. The Morgan fingerprint density at radius 3 is 2.63 bits per heavy atom. The lowest BCUT2D eigenvalue weighted by Crippen LogP contribution is -2.47. The van der Waals surface area contributed by atoms with E-state index in [9.17, 15) is 4.79 Å². The molecule has 1 aliphatic heterocycles. The maximum Gasteiger partial charge on any atom is 0.225 e. The van der Waals surface area contributed by atoms with Gasteiger partial charge in [0.1, 0.15) is 0 Å². The number of imidazole rings is 1. The Morgan fingerprint density at radius 1 is 1.15 bits per heavy atom. The number of nitrogens with one attached hydrogen (secondary N) is 2. The zero-order valence-electron chi connectivity index (χ0n) is 15.7. The average Bonchev–Trinajstić information content (AvgIpc) is 3.18. The summed E-state index contributed by atoms with van der Waals surface area (Å²) in [5.74, 6) is 0.0403. The first kappa shape index (κ1) is 19.9. The lowest BCUT2D eigenvalue weighted by atomic mass is 10.2. The summed E-state index contributed by atoms with van der Waals surface area (Å²) < 4.78 is 0. The van der Waals surface area contributed by atoms with Crippen LogP contribution >= 0.6 is 11.6 Å². The van der Waals surface area contributed by atoms with E-state index in [1.807, 2.05) is 18.3 Å². The number of anilines is 1. The fourth-order valence-corrected chi connectivity index (χ4v) is 3.55. The van der Waals surface area contributed by atoms with Crippen molar-refractivity contribution in [1.82, 2.24) is 19.8 Å². The molecule has 0 aliphatic carbocycles. The summed E-state index contributed by atoms with van der Waals surface area (Å²) in [5.41, 5.74) is 1.98. The number of aryl methyl sites for hydroxylation is 1. The highest BCUT2D eigenvalue weighted by molar-refractivity contribution is 6.30. The molecule has 1 aromatic carbocycles. The highest BCUT2D eigenvalue weighted by atomic mass is 35.5. The molecule has 2 heterocycles. The highest BCUT2D eigenvalue weighted by Crippen LogP contribution is 2.15. The van der Waals surface area contributed by atoms with E-state index in [4.69, 9.17) is 11.6 Å². The fraction of sp³-hybridized carbons (Fsp3) is 0.500. The molecule has 7 heteroatoms. The van der Waals surface area contributed by atoms with E-state index in [-0.39, 0.29) is 5.91 Å². The van der Waals surface area contributed by atoms with E-state index >= 15 is 0 Å². The minimum Gasteiger partial charge on any atom is -0.348 e. The smallest absolute Gasteiger partial charge is 0.225 e. The fourth-order valence-electron chi connectivity index (χ4n) is 3.36. The maximum atomic E-state index is 12.1. The van der Waals surface area contributed by atoms with Gasteiger partial charge < -0.3 is 20.1 Å². The van der Waals surface area contributed by atoms with Gasteiger partial charge >= 0.3 is 0 Å². The normalized spacial score (nSPS) is 15.7. The molecule has 27 heavy (non-hydrogen) atoms. The van der Waals surface area contributed by atoms with Gasteiger partial charge in [0.05, 0.1) is 6.33 Å². The number of hydrogen-bond donors (Lipinski definition) is 2. The molecule has 1 amide bonds. The van der Waals surface area contributed by atoms with Gasteiger partial charge in [-0.15, -0.1) is 0 Å². The van der Waals surface area contributed by atoms with Crippen LogP contribution in [0.1, 0.15) is 25.0 Å². The Kier molecular flexibility index (Phi) is 7.68. The van der Waals surface area contributed by atoms with E-state index in [0.29, 0.717) is 11.4 Å². The number of carbonyl (C=O) groups excluding carboxylic acids is 1. The first-order chi connectivity index (χ1) is 13.2. The average molecular weight is 390 g/mol. The Morgan fingerprint density at radius 2 is 1.93 bits per heavy atom. The summed E-state index contributed by atoms with van der Waals surface area (Å²) in [6.07, 6.45) is 7.62. The van der Waals surface area contributed by atoms with Crippen molar-refractivity contribution in [2.75, 3.05) is 44.6 Å². The third-order valence-electron chi connectivity index (χ3n) is 4.95. The summed E-state index contributed by atoms with van der Waals surface area (Å²) in [5, 5.41) is 3.54. The van der Waals surface area contributed by atoms with Crippen LogP contribution in [0.4, 0.5) is 5.69 Å². The van der Waals surface area contributed by atoms with Gasteiger partial charge in [0, 0.05) is 61.7 Å². The number of unbranched alkanes of at least 4 members (excludes halogenated alkanes) is 1. The molecule has 3 rings (SSSR count). The standard InChI is InChI=1S/C20H28ClN5O/c21-17-4-3-6-18(14-17)24-20(27)7-9-26-12-10-25(11-13-26)8-2-1-5-19-15-22-16-23-19/h3-4,6,14-16H,1-2,5,7-13H2,(H,22,23)(H,24,27). The van der Waals surface area contributed by atoms with E-state index in [1.54, 1.807) is 18.5 Å². The molecule has 0 saturated carbocycles. The molecule has 1 saturated heterocycles. The van der Waals surface area contributed by atoms with Crippen LogP contribution in [-0.4, -0.2) is 64.9 Å². The van der Waals surface area contributed by atoms with Crippen LogP contribution in [0.5, 0.6) is 0 Å². The van der Waals surface area contributed by atoms with Crippen molar-refractivity contribution < 1.29 is 4.79 Å². The van der Waals surface area contributed by atoms with Crippen LogP contribution in [0, 0.1) is 0 Å². The molecule has 2 N–H and O–H groups in total. The lowest BCUT2D eigenvalue weighted by molar-refractivity contribution is -0.116. The van der Waals surface area contributed by atoms with Crippen molar-refractivity contribution in [3.8, 4) is 0 Å². The summed E-state index contributed by atoms with van der Waals surface area (Å²) in [6, 6.07) is 7.26. The van der Waals surface area contributed by atoms with E-state index in [0.717, 1.165) is 51.4 Å². The summed E-state index contributed by atoms with van der Waals surface area (Å²) in [6.45, 7) is 6.19.